The maximum atomic E-state index is 12.8. The van der Waals surface area contributed by atoms with Gasteiger partial charge in [-0.15, -0.1) is 0 Å². The van der Waals surface area contributed by atoms with Crippen molar-refractivity contribution in [3.8, 4) is 0 Å². The van der Waals surface area contributed by atoms with E-state index < -0.39 is 40.6 Å². The zero-order chi connectivity index (χ0) is 24.8. The Balaban J connectivity index is 1.97. The number of piperidine rings is 1. The summed E-state index contributed by atoms with van der Waals surface area (Å²) in [4.78, 5) is 12.1. The third-order valence-corrected chi connectivity index (χ3v) is 7.64. The number of hydrogen-bond donors (Lipinski definition) is 3. The molecule has 0 aromatic heterocycles. The number of aliphatic hydroxyl groups is 1. The maximum Gasteiger partial charge on any atom is 0.417 e. The predicted molar refractivity (Wildman–Crippen MR) is 122 cm³/mol. The molecule has 0 aliphatic carbocycles. The molecule has 33 heavy (non-hydrogen) atoms. The van der Waals surface area contributed by atoms with Crippen molar-refractivity contribution in [2.45, 2.75) is 102 Å². The smallest absolute Gasteiger partial charge is 0.417 e. The Labute approximate surface area is 196 Å². The van der Waals surface area contributed by atoms with Crippen LogP contribution in [0.5, 0.6) is 0 Å². The SMILES string of the molecule is O=C(O)CCCCCCCCCCCCCNS(=O)(=O)CCN1CCC(O)(C(F)(F)F)CC1. The molecule has 1 rings (SSSR count). The number of unbranched alkanes of at least 4 members (excludes halogenated alkanes) is 10. The van der Waals surface area contributed by atoms with Crippen LogP contribution in [0.15, 0.2) is 0 Å². The Kier molecular flexibility index (Phi) is 13.8. The molecule has 1 fully saturated rings. The molecular formula is C22H41F3N2O5S. The number of nitrogens with one attached hydrogen (secondary N) is 1. The third-order valence-electron chi connectivity index (χ3n) is 6.28. The molecule has 1 aliphatic rings. The standard InChI is InChI=1S/C22H41F3N2O5S/c23-22(24,25)21(30)13-16-27(17-14-21)18-19-33(31,32)26-15-11-9-7-5-3-1-2-4-6-8-10-12-20(28)29/h26,30H,1-19H2,(H,28,29). The third kappa shape index (κ3) is 13.5. The van der Waals surface area contributed by atoms with Crippen LogP contribution in [0.2, 0.25) is 0 Å². The summed E-state index contributed by atoms with van der Waals surface area (Å²) in [6.45, 7) is 0.571. The fourth-order valence-electron chi connectivity index (χ4n) is 3.97. The van der Waals surface area contributed by atoms with Crippen molar-refractivity contribution in [1.82, 2.24) is 9.62 Å². The van der Waals surface area contributed by atoms with Gasteiger partial charge in [0, 0.05) is 32.6 Å². The minimum Gasteiger partial charge on any atom is -0.481 e. The molecule has 0 aromatic rings. The quantitative estimate of drug-likeness (QED) is 0.244. The van der Waals surface area contributed by atoms with E-state index in [4.69, 9.17) is 5.11 Å². The van der Waals surface area contributed by atoms with E-state index in [1.165, 1.54) is 12.8 Å². The molecule has 3 N–H and O–H groups in total. The van der Waals surface area contributed by atoms with Gasteiger partial charge in [-0.3, -0.25) is 4.79 Å². The molecule has 7 nitrogen and oxygen atoms in total. The number of aliphatic carboxylic acids is 1. The first-order valence-corrected chi connectivity index (χ1v) is 13.8. The fourth-order valence-corrected chi connectivity index (χ4v) is 5.07. The van der Waals surface area contributed by atoms with Crippen LogP contribution in [-0.4, -0.2) is 73.2 Å². The van der Waals surface area contributed by atoms with Crippen LogP contribution in [0, 0.1) is 0 Å². The van der Waals surface area contributed by atoms with Crippen molar-refractivity contribution < 1.29 is 36.6 Å². The van der Waals surface area contributed by atoms with Gasteiger partial charge in [0.25, 0.3) is 0 Å². The molecule has 0 aromatic carbocycles. The Bertz CT molecular complexity index is 651. The first kappa shape index (κ1) is 30.1. The zero-order valence-corrected chi connectivity index (χ0v) is 20.4. The summed E-state index contributed by atoms with van der Waals surface area (Å²) in [7, 11) is -3.47. The highest BCUT2D eigenvalue weighted by Crippen LogP contribution is 2.38. The van der Waals surface area contributed by atoms with E-state index in [1.807, 2.05) is 0 Å². The van der Waals surface area contributed by atoms with E-state index >= 15 is 0 Å². The normalized spacial score (nSPS) is 17.3. The molecule has 196 valence electrons. The topological polar surface area (TPSA) is 107 Å². The number of carboxylic acids is 1. The number of alkyl halides is 3. The van der Waals surface area contributed by atoms with Gasteiger partial charge in [-0.05, 0) is 25.7 Å². The minimum absolute atomic E-state index is 0.0241. The highest BCUT2D eigenvalue weighted by Gasteiger charge is 2.54. The summed E-state index contributed by atoms with van der Waals surface area (Å²) in [5.41, 5.74) is -2.66. The summed E-state index contributed by atoms with van der Waals surface area (Å²) >= 11 is 0. The lowest BCUT2D eigenvalue weighted by Gasteiger charge is -2.39. The fraction of sp³-hybridized carbons (Fsp3) is 0.955. The molecular weight excluding hydrogens is 461 g/mol. The lowest BCUT2D eigenvalue weighted by atomic mass is 9.91. The van der Waals surface area contributed by atoms with E-state index in [0.717, 1.165) is 57.8 Å². The average molecular weight is 503 g/mol. The summed E-state index contributed by atoms with van der Waals surface area (Å²) in [5.74, 6) is -0.888. The predicted octanol–water partition coefficient (Wildman–Crippen LogP) is 4.06. The molecule has 1 heterocycles. The Morgan fingerprint density at radius 2 is 1.33 bits per heavy atom. The first-order valence-electron chi connectivity index (χ1n) is 12.2. The molecule has 1 aliphatic heterocycles. The molecule has 0 bridgehead atoms. The molecule has 0 saturated carbocycles. The molecule has 0 spiro atoms. The van der Waals surface area contributed by atoms with Gasteiger partial charge in [0.05, 0.1) is 5.75 Å². The van der Waals surface area contributed by atoms with Crippen LogP contribution in [0.3, 0.4) is 0 Å². The zero-order valence-electron chi connectivity index (χ0n) is 19.5. The second-order valence-electron chi connectivity index (χ2n) is 9.12. The van der Waals surface area contributed by atoms with Gasteiger partial charge < -0.3 is 15.1 Å². The first-order chi connectivity index (χ1) is 15.5. The van der Waals surface area contributed by atoms with Gasteiger partial charge in [-0.25, -0.2) is 13.1 Å². The van der Waals surface area contributed by atoms with Crippen molar-refractivity contribution in [2.24, 2.45) is 0 Å². The van der Waals surface area contributed by atoms with Gasteiger partial charge >= 0.3 is 12.1 Å². The molecule has 11 heteroatoms. The van der Waals surface area contributed by atoms with Crippen LogP contribution in [0.25, 0.3) is 0 Å². The lowest BCUT2D eigenvalue weighted by molar-refractivity contribution is -0.272. The van der Waals surface area contributed by atoms with Gasteiger partial charge in [0.15, 0.2) is 5.60 Å². The monoisotopic (exact) mass is 502 g/mol. The number of nitrogens with zero attached hydrogens (tertiary/aromatic N) is 1. The Morgan fingerprint density at radius 3 is 1.79 bits per heavy atom. The number of likely N-dealkylation sites (tertiary alicyclic amines) is 1. The van der Waals surface area contributed by atoms with Crippen LogP contribution in [-0.2, 0) is 14.8 Å². The number of halogens is 3. The van der Waals surface area contributed by atoms with E-state index in [1.54, 1.807) is 4.90 Å². The highest BCUT2D eigenvalue weighted by atomic mass is 32.2. The Hall–Kier alpha value is -0.910. The van der Waals surface area contributed by atoms with E-state index in [0.29, 0.717) is 6.54 Å². The minimum atomic E-state index is -4.66. The van der Waals surface area contributed by atoms with Crippen LogP contribution in [0.4, 0.5) is 13.2 Å². The van der Waals surface area contributed by atoms with Crippen molar-refractivity contribution in [3.63, 3.8) is 0 Å². The Morgan fingerprint density at radius 1 is 0.879 bits per heavy atom. The summed E-state index contributed by atoms with van der Waals surface area (Å²) in [5, 5.41) is 18.2. The van der Waals surface area contributed by atoms with Crippen molar-refractivity contribution in [3.05, 3.63) is 0 Å². The number of sulfonamides is 1. The maximum absolute atomic E-state index is 12.8. The van der Waals surface area contributed by atoms with Gasteiger partial charge in [-0.1, -0.05) is 57.8 Å². The summed E-state index contributed by atoms with van der Waals surface area (Å²) in [6.07, 6.45) is 6.04. The van der Waals surface area contributed by atoms with Gasteiger partial charge in [0.1, 0.15) is 0 Å². The average Bonchev–Trinajstić information content (AvgIpc) is 2.72. The highest BCUT2D eigenvalue weighted by molar-refractivity contribution is 7.89. The summed E-state index contributed by atoms with van der Waals surface area (Å²) < 4.78 is 65.2. The van der Waals surface area contributed by atoms with E-state index in [9.17, 15) is 31.5 Å². The van der Waals surface area contributed by atoms with Gasteiger partial charge in [0.2, 0.25) is 10.0 Å². The molecule has 0 amide bonds. The van der Waals surface area contributed by atoms with E-state index in [-0.39, 0.29) is 31.8 Å². The number of carbonyl (C=O) groups is 1. The van der Waals surface area contributed by atoms with Crippen molar-refractivity contribution >= 4 is 16.0 Å². The lowest BCUT2D eigenvalue weighted by Crippen LogP contribution is -2.53. The molecule has 0 atom stereocenters. The largest absolute Gasteiger partial charge is 0.481 e. The second-order valence-corrected chi connectivity index (χ2v) is 11.0. The number of carboxylic acid groups (broad SMARTS) is 1. The molecule has 0 radical (unpaired) electrons. The molecule has 1 saturated heterocycles. The van der Waals surface area contributed by atoms with Crippen LogP contribution < -0.4 is 4.72 Å². The number of rotatable bonds is 18. The summed E-state index contributed by atoms with van der Waals surface area (Å²) in [6, 6.07) is 0. The number of hydrogen-bond acceptors (Lipinski definition) is 5. The van der Waals surface area contributed by atoms with E-state index in [2.05, 4.69) is 4.72 Å². The molecule has 0 unspecified atom stereocenters. The second kappa shape index (κ2) is 15.2. The van der Waals surface area contributed by atoms with Crippen molar-refractivity contribution in [1.29, 1.82) is 0 Å². The van der Waals surface area contributed by atoms with Crippen molar-refractivity contribution in [2.75, 3.05) is 31.9 Å². The van der Waals surface area contributed by atoms with Gasteiger partial charge in [-0.2, -0.15) is 13.2 Å². The van der Waals surface area contributed by atoms with Crippen LogP contribution >= 0.6 is 0 Å². The van der Waals surface area contributed by atoms with Crippen LogP contribution in [0.1, 0.15) is 89.9 Å².